The van der Waals surface area contributed by atoms with Crippen molar-refractivity contribution in [2.45, 2.75) is 30.2 Å². The summed E-state index contributed by atoms with van der Waals surface area (Å²) < 4.78 is 0. The molecule has 0 saturated heterocycles. The number of hydrogen-bond acceptors (Lipinski definition) is 4. The van der Waals surface area contributed by atoms with Gasteiger partial charge in [-0.05, 0) is 18.1 Å². The van der Waals surface area contributed by atoms with E-state index in [1.165, 1.54) is 17.3 Å². The summed E-state index contributed by atoms with van der Waals surface area (Å²) in [6.45, 7) is 2.05. The molecular weight excluding hydrogens is 358 g/mol. The molecule has 0 radical (unpaired) electrons. The molecule has 0 bridgehead atoms. The molecule has 2 aromatic carbocycles. The van der Waals surface area contributed by atoms with Crippen molar-refractivity contribution in [1.29, 1.82) is 0 Å². The van der Waals surface area contributed by atoms with Crippen LogP contribution in [0.25, 0.3) is 0 Å². The zero-order valence-corrected chi connectivity index (χ0v) is 15.7. The Morgan fingerprint density at radius 3 is 2.70 bits per heavy atom. The number of thioether (sulfide) groups is 1. The van der Waals surface area contributed by atoms with Crippen molar-refractivity contribution >= 4 is 23.5 Å². The van der Waals surface area contributed by atoms with Crippen LogP contribution in [0.1, 0.15) is 34.6 Å². The molecule has 3 aromatic rings. The SMILES string of the molecule is Cc1cccc(CSc2nc3c(c(=O)[nH]2)C(c2ccccc2)CC(=O)N3)c1. The maximum Gasteiger partial charge on any atom is 0.257 e. The van der Waals surface area contributed by atoms with E-state index in [2.05, 4.69) is 21.4 Å². The number of aromatic nitrogens is 2. The maximum atomic E-state index is 12.8. The predicted molar refractivity (Wildman–Crippen MR) is 107 cm³/mol. The lowest BCUT2D eigenvalue weighted by molar-refractivity contribution is -0.116. The van der Waals surface area contributed by atoms with Crippen molar-refractivity contribution in [2.75, 3.05) is 5.32 Å². The van der Waals surface area contributed by atoms with Crippen LogP contribution in [-0.4, -0.2) is 15.9 Å². The summed E-state index contributed by atoms with van der Waals surface area (Å²) in [5.41, 5.74) is 3.63. The van der Waals surface area contributed by atoms with Crippen LogP contribution < -0.4 is 10.9 Å². The summed E-state index contributed by atoms with van der Waals surface area (Å²) in [6.07, 6.45) is 0.248. The number of nitrogens with one attached hydrogen (secondary N) is 2. The third-order valence-electron chi connectivity index (χ3n) is 4.59. The molecule has 0 spiro atoms. The molecule has 2 heterocycles. The number of carbonyl (C=O) groups excluding carboxylic acids is 1. The number of anilines is 1. The number of carbonyl (C=O) groups is 1. The zero-order chi connectivity index (χ0) is 18.8. The van der Waals surface area contributed by atoms with E-state index in [4.69, 9.17) is 0 Å². The van der Waals surface area contributed by atoms with Gasteiger partial charge in [0.15, 0.2) is 5.16 Å². The molecule has 1 atom stereocenters. The first-order valence-corrected chi connectivity index (χ1v) is 9.76. The topological polar surface area (TPSA) is 74.8 Å². The number of amides is 1. The monoisotopic (exact) mass is 377 g/mol. The Morgan fingerprint density at radius 2 is 1.93 bits per heavy atom. The van der Waals surface area contributed by atoms with Crippen LogP contribution in [0.2, 0.25) is 0 Å². The first kappa shape index (κ1) is 17.5. The van der Waals surface area contributed by atoms with E-state index in [-0.39, 0.29) is 23.8 Å². The highest BCUT2D eigenvalue weighted by atomic mass is 32.2. The lowest BCUT2D eigenvalue weighted by Crippen LogP contribution is -2.31. The Kier molecular flexibility index (Phi) is 4.81. The normalized spacial score (nSPS) is 15.9. The van der Waals surface area contributed by atoms with Crippen LogP contribution in [0.5, 0.6) is 0 Å². The van der Waals surface area contributed by atoms with Crippen LogP contribution in [0.3, 0.4) is 0 Å². The van der Waals surface area contributed by atoms with E-state index in [1.807, 2.05) is 55.5 Å². The molecule has 1 unspecified atom stereocenters. The first-order valence-electron chi connectivity index (χ1n) is 8.77. The molecule has 0 saturated carbocycles. The Bertz CT molecular complexity index is 1050. The van der Waals surface area contributed by atoms with Gasteiger partial charge in [-0.25, -0.2) is 4.98 Å². The number of hydrogen-bond donors (Lipinski definition) is 2. The molecule has 2 N–H and O–H groups in total. The highest BCUT2D eigenvalue weighted by Gasteiger charge is 2.30. The van der Waals surface area contributed by atoms with E-state index < -0.39 is 0 Å². The smallest absolute Gasteiger partial charge is 0.257 e. The fraction of sp³-hybridized carbons (Fsp3) is 0.190. The molecular formula is C21H19N3O2S. The van der Waals surface area contributed by atoms with E-state index in [0.717, 1.165) is 11.1 Å². The number of benzene rings is 2. The second-order valence-corrected chi connectivity index (χ2v) is 7.59. The molecule has 1 aliphatic heterocycles. The Labute approximate surface area is 161 Å². The van der Waals surface area contributed by atoms with Crippen molar-refractivity contribution in [3.8, 4) is 0 Å². The summed E-state index contributed by atoms with van der Waals surface area (Å²) in [5, 5.41) is 3.27. The van der Waals surface area contributed by atoms with E-state index in [0.29, 0.717) is 22.3 Å². The molecule has 136 valence electrons. The van der Waals surface area contributed by atoms with Crippen LogP contribution >= 0.6 is 11.8 Å². The van der Waals surface area contributed by atoms with E-state index >= 15 is 0 Å². The minimum absolute atomic E-state index is 0.121. The van der Waals surface area contributed by atoms with Gasteiger partial charge >= 0.3 is 0 Å². The molecule has 1 aromatic heterocycles. The van der Waals surface area contributed by atoms with Gasteiger partial charge in [0.25, 0.3) is 5.56 Å². The summed E-state index contributed by atoms with van der Waals surface area (Å²) in [4.78, 5) is 32.4. The number of rotatable bonds is 4. The van der Waals surface area contributed by atoms with Crippen molar-refractivity contribution in [3.05, 3.63) is 87.2 Å². The average molecular weight is 377 g/mol. The van der Waals surface area contributed by atoms with Crippen LogP contribution in [0.4, 0.5) is 5.82 Å². The first-order chi connectivity index (χ1) is 13.1. The van der Waals surface area contributed by atoms with Gasteiger partial charge < -0.3 is 10.3 Å². The van der Waals surface area contributed by atoms with Crippen LogP contribution in [0, 0.1) is 6.92 Å². The molecule has 1 aliphatic rings. The minimum atomic E-state index is -0.276. The standard InChI is InChI=1S/C21H19N3O2S/c1-13-6-5-7-14(10-13)12-27-21-23-19-18(20(26)24-21)16(11-17(25)22-19)15-8-3-2-4-9-15/h2-10,16H,11-12H2,1H3,(H2,22,23,24,25,26). The fourth-order valence-electron chi connectivity index (χ4n) is 3.34. The van der Waals surface area contributed by atoms with Crippen LogP contribution in [0.15, 0.2) is 64.5 Å². The Balaban J connectivity index is 1.65. The molecule has 4 rings (SSSR count). The zero-order valence-electron chi connectivity index (χ0n) is 14.9. The highest BCUT2D eigenvalue weighted by Crippen LogP contribution is 2.34. The van der Waals surface area contributed by atoms with Crippen molar-refractivity contribution in [1.82, 2.24) is 9.97 Å². The third kappa shape index (κ3) is 3.80. The predicted octanol–water partition coefficient (Wildman–Crippen LogP) is 3.84. The summed E-state index contributed by atoms with van der Waals surface area (Å²) in [7, 11) is 0. The quantitative estimate of drug-likeness (QED) is 0.535. The van der Waals surface area contributed by atoms with E-state index in [1.54, 1.807) is 0 Å². The second-order valence-electron chi connectivity index (χ2n) is 6.63. The van der Waals surface area contributed by atoms with Gasteiger partial charge in [0.05, 0.1) is 5.56 Å². The maximum absolute atomic E-state index is 12.8. The van der Waals surface area contributed by atoms with Gasteiger partial charge in [-0.3, -0.25) is 9.59 Å². The fourth-order valence-corrected chi connectivity index (χ4v) is 4.15. The van der Waals surface area contributed by atoms with Gasteiger partial charge in [-0.1, -0.05) is 71.9 Å². The van der Waals surface area contributed by atoms with Gasteiger partial charge in [0.1, 0.15) is 5.82 Å². The lowest BCUT2D eigenvalue weighted by atomic mass is 9.87. The van der Waals surface area contributed by atoms with Gasteiger partial charge in [-0.15, -0.1) is 0 Å². The third-order valence-corrected chi connectivity index (χ3v) is 5.53. The minimum Gasteiger partial charge on any atom is -0.310 e. The van der Waals surface area contributed by atoms with Gasteiger partial charge in [0.2, 0.25) is 5.91 Å². The molecule has 5 nitrogen and oxygen atoms in total. The summed E-state index contributed by atoms with van der Waals surface area (Å²) >= 11 is 1.45. The van der Waals surface area contributed by atoms with Crippen molar-refractivity contribution in [2.24, 2.45) is 0 Å². The average Bonchev–Trinajstić information content (AvgIpc) is 2.66. The second kappa shape index (κ2) is 7.40. The van der Waals surface area contributed by atoms with Crippen molar-refractivity contribution in [3.63, 3.8) is 0 Å². The molecule has 0 aliphatic carbocycles. The highest BCUT2D eigenvalue weighted by molar-refractivity contribution is 7.98. The molecule has 27 heavy (non-hydrogen) atoms. The number of aromatic amines is 1. The lowest BCUT2D eigenvalue weighted by Gasteiger charge is -2.24. The Hall–Kier alpha value is -2.86. The molecule has 1 amide bonds. The van der Waals surface area contributed by atoms with Crippen molar-refractivity contribution < 1.29 is 4.79 Å². The Morgan fingerprint density at radius 1 is 1.11 bits per heavy atom. The largest absolute Gasteiger partial charge is 0.310 e. The number of H-pyrrole nitrogens is 1. The van der Waals surface area contributed by atoms with E-state index in [9.17, 15) is 9.59 Å². The van der Waals surface area contributed by atoms with Crippen LogP contribution in [-0.2, 0) is 10.5 Å². The number of aryl methyl sites for hydroxylation is 1. The molecule has 0 fully saturated rings. The summed E-state index contributed by atoms with van der Waals surface area (Å²) in [5.74, 6) is 0.668. The number of nitrogens with zero attached hydrogens (tertiary/aromatic N) is 1. The summed E-state index contributed by atoms with van der Waals surface area (Å²) in [6, 6.07) is 17.8. The van der Waals surface area contributed by atoms with Gasteiger partial charge in [0, 0.05) is 18.1 Å². The number of fused-ring (bicyclic) bond motifs is 1. The van der Waals surface area contributed by atoms with Gasteiger partial charge in [-0.2, -0.15) is 0 Å². The molecule has 6 heteroatoms.